The van der Waals surface area contributed by atoms with Crippen LogP contribution in [0.3, 0.4) is 0 Å². The molecule has 1 fully saturated rings. The quantitative estimate of drug-likeness (QED) is 0.582. The van der Waals surface area contributed by atoms with E-state index in [0.717, 1.165) is 21.9 Å². The van der Waals surface area contributed by atoms with Crippen LogP contribution in [0.4, 0.5) is 0 Å². The second kappa shape index (κ2) is 9.56. The van der Waals surface area contributed by atoms with Crippen molar-refractivity contribution in [3.05, 3.63) is 70.5 Å². The maximum absolute atomic E-state index is 13.0. The summed E-state index contributed by atoms with van der Waals surface area (Å²) in [5.41, 5.74) is 2.90. The number of ketones is 1. The molecule has 0 radical (unpaired) electrons. The number of carbonyl (C=O) groups is 2. The van der Waals surface area contributed by atoms with Gasteiger partial charge in [-0.05, 0) is 53.1 Å². The number of hydroxylamine groups is 2. The van der Waals surface area contributed by atoms with E-state index in [4.69, 9.17) is 16.4 Å². The molecule has 3 aromatic rings. The minimum atomic E-state index is -1.40. The molecule has 1 aromatic heterocycles. The Morgan fingerprint density at radius 3 is 2.88 bits per heavy atom. The zero-order valence-electron chi connectivity index (χ0n) is 17.4. The molecule has 0 spiro atoms. The van der Waals surface area contributed by atoms with Gasteiger partial charge in [-0.2, -0.15) is 0 Å². The van der Waals surface area contributed by atoms with Gasteiger partial charge in [0.1, 0.15) is 12.4 Å². The standard InChI is InChI=1S/C22H22ClN5O4/c1-14-3-2-4-16(11-14)21(30)22(31)28-19(9-10-32-28)20(29)8-5-15-12-17(23)6-7-18(15)27-13-24-25-26-27/h2-4,6-7,11-13,19,21,30H,5,8-10H2,1H3/t19-,21?/m0/s1. The van der Waals surface area contributed by atoms with Crippen LogP contribution in [0.5, 0.6) is 0 Å². The van der Waals surface area contributed by atoms with Crippen LogP contribution in [0, 0.1) is 6.92 Å². The van der Waals surface area contributed by atoms with Gasteiger partial charge in [-0.3, -0.25) is 14.4 Å². The number of aromatic nitrogens is 4. The number of halogens is 1. The number of aryl methyl sites for hydroxylation is 2. The SMILES string of the molecule is Cc1cccc(C(O)C(=O)N2OCC[C@H]2C(=O)CCc2cc(Cl)ccc2-n2cnnn2)c1. The molecule has 1 aliphatic rings. The van der Waals surface area contributed by atoms with E-state index in [2.05, 4.69) is 15.5 Å². The van der Waals surface area contributed by atoms with E-state index in [0.29, 0.717) is 23.4 Å². The Kier molecular flexibility index (Phi) is 6.59. The molecule has 1 aliphatic heterocycles. The number of aliphatic hydroxyl groups excluding tert-OH is 1. The van der Waals surface area contributed by atoms with Gasteiger partial charge in [-0.15, -0.1) is 5.10 Å². The molecule has 2 heterocycles. The fraction of sp³-hybridized carbons (Fsp3) is 0.318. The largest absolute Gasteiger partial charge is 0.378 e. The summed E-state index contributed by atoms with van der Waals surface area (Å²) in [4.78, 5) is 31.3. The number of aliphatic hydroxyl groups is 1. The highest BCUT2D eigenvalue weighted by atomic mass is 35.5. The van der Waals surface area contributed by atoms with Gasteiger partial charge in [-0.25, -0.2) is 9.75 Å². The average Bonchev–Trinajstić information content (AvgIpc) is 3.49. The lowest BCUT2D eigenvalue weighted by molar-refractivity contribution is -0.187. The van der Waals surface area contributed by atoms with E-state index in [9.17, 15) is 14.7 Å². The van der Waals surface area contributed by atoms with Crippen LogP contribution < -0.4 is 0 Å². The fourth-order valence-electron chi connectivity index (χ4n) is 3.76. The zero-order chi connectivity index (χ0) is 22.7. The number of hydrogen-bond donors (Lipinski definition) is 1. The third-order valence-electron chi connectivity index (χ3n) is 5.36. The van der Waals surface area contributed by atoms with Crippen molar-refractivity contribution in [1.82, 2.24) is 25.3 Å². The van der Waals surface area contributed by atoms with Crippen molar-refractivity contribution >= 4 is 23.3 Å². The lowest BCUT2D eigenvalue weighted by atomic mass is 10.00. The Labute approximate surface area is 189 Å². The van der Waals surface area contributed by atoms with Crippen molar-refractivity contribution < 1.29 is 19.5 Å². The highest BCUT2D eigenvalue weighted by molar-refractivity contribution is 6.30. The second-order valence-corrected chi connectivity index (χ2v) is 8.05. The normalized spacial score (nSPS) is 16.8. The number of rotatable bonds is 7. The summed E-state index contributed by atoms with van der Waals surface area (Å²) in [7, 11) is 0. The van der Waals surface area contributed by atoms with Crippen LogP contribution in [0.25, 0.3) is 5.69 Å². The molecular formula is C22H22ClN5O4. The second-order valence-electron chi connectivity index (χ2n) is 7.61. The zero-order valence-corrected chi connectivity index (χ0v) is 18.1. The lowest BCUT2D eigenvalue weighted by Gasteiger charge is -2.24. The third-order valence-corrected chi connectivity index (χ3v) is 5.60. The average molecular weight is 456 g/mol. The fourth-order valence-corrected chi connectivity index (χ4v) is 3.95. The Morgan fingerprint density at radius 2 is 2.12 bits per heavy atom. The molecular weight excluding hydrogens is 434 g/mol. The molecule has 0 aliphatic carbocycles. The number of amides is 1. The van der Waals surface area contributed by atoms with Crippen LogP contribution >= 0.6 is 11.6 Å². The minimum Gasteiger partial charge on any atom is -0.378 e. The molecule has 1 unspecified atom stereocenters. The smallest absolute Gasteiger partial charge is 0.280 e. The van der Waals surface area contributed by atoms with Crippen LogP contribution in [0.1, 0.15) is 35.6 Å². The predicted octanol–water partition coefficient (Wildman–Crippen LogP) is 2.39. The first-order valence-corrected chi connectivity index (χ1v) is 10.6. The van der Waals surface area contributed by atoms with E-state index in [1.54, 1.807) is 36.4 Å². The molecule has 1 saturated heterocycles. The summed E-state index contributed by atoms with van der Waals surface area (Å²) >= 11 is 6.14. The van der Waals surface area contributed by atoms with E-state index in [-0.39, 0.29) is 18.8 Å². The summed E-state index contributed by atoms with van der Waals surface area (Å²) in [5.74, 6) is -0.807. The van der Waals surface area contributed by atoms with Crippen molar-refractivity contribution in [3.63, 3.8) is 0 Å². The first-order valence-electron chi connectivity index (χ1n) is 10.2. The molecule has 1 N–H and O–H groups in total. The topological polar surface area (TPSA) is 110 Å². The number of tetrazole rings is 1. The summed E-state index contributed by atoms with van der Waals surface area (Å²) in [5, 5.41) is 23.3. The van der Waals surface area contributed by atoms with E-state index in [1.165, 1.54) is 11.0 Å². The number of carbonyl (C=O) groups excluding carboxylic acids is 2. The van der Waals surface area contributed by atoms with E-state index >= 15 is 0 Å². The number of hydrogen-bond acceptors (Lipinski definition) is 7. The monoisotopic (exact) mass is 455 g/mol. The molecule has 1 amide bonds. The Balaban J connectivity index is 1.46. The van der Waals surface area contributed by atoms with Crippen molar-refractivity contribution in [1.29, 1.82) is 0 Å². The first kappa shape index (κ1) is 22.1. The summed E-state index contributed by atoms with van der Waals surface area (Å²) in [6, 6.07) is 11.6. The first-order chi connectivity index (χ1) is 15.4. The van der Waals surface area contributed by atoms with Gasteiger partial charge in [-0.1, -0.05) is 41.4 Å². The van der Waals surface area contributed by atoms with Gasteiger partial charge >= 0.3 is 0 Å². The summed E-state index contributed by atoms with van der Waals surface area (Å²) < 4.78 is 1.50. The highest BCUT2D eigenvalue weighted by Crippen LogP contribution is 2.26. The Hall–Kier alpha value is -3.14. The van der Waals surface area contributed by atoms with Gasteiger partial charge in [0.25, 0.3) is 5.91 Å². The summed E-state index contributed by atoms with van der Waals surface area (Å²) in [6.07, 6.45) is 0.983. The van der Waals surface area contributed by atoms with Crippen LogP contribution in [0.15, 0.2) is 48.8 Å². The van der Waals surface area contributed by atoms with Crippen LogP contribution in [-0.4, -0.2) is 54.7 Å². The molecule has 2 aromatic carbocycles. The van der Waals surface area contributed by atoms with E-state index in [1.807, 2.05) is 13.0 Å². The van der Waals surface area contributed by atoms with Crippen LogP contribution in [0.2, 0.25) is 5.02 Å². The predicted molar refractivity (Wildman–Crippen MR) is 115 cm³/mol. The maximum atomic E-state index is 13.0. The van der Waals surface area contributed by atoms with Crippen LogP contribution in [-0.2, 0) is 20.8 Å². The van der Waals surface area contributed by atoms with Crippen molar-refractivity contribution in [2.45, 2.75) is 38.3 Å². The van der Waals surface area contributed by atoms with E-state index < -0.39 is 18.1 Å². The lowest BCUT2D eigenvalue weighted by Crippen LogP contribution is -2.42. The molecule has 166 valence electrons. The van der Waals surface area contributed by atoms with Crippen molar-refractivity contribution in [3.8, 4) is 5.69 Å². The molecule has 0 bridgehead atoms. The number of Topliss-reactive ketones (excluding diaryl/α,β-unsaturated/α-hetero) is 1. The molecule has 4 rings (SSSR count). The molecule has 32 heavy (non-hydrogen) atoms. The van der Waals surface area contributed by atoms with Gasteiger partial charge in [0.05, 0.1) is 12.3 Å². The molecule has 0 saturated carbocycles. The number of nitrogens with zero attached hydrogens (tertiary/aromatic N) is 5. The molecule has 9 nitrogen and oxygen atoms in total. The minimum absolute atomic E-state index is 0.157. The highest BCUT2D eigenvalue weighted by Gasteiger charge is 2.38. The van der Waals surface area contributed by atoms with Gasteiger partial charge in [0.2, 0.25) is 0 Å². The maximum Gasteiger partial charge on any atom is 0.280 e. The summed E-state index contributed by atoms with van der Waals surface area (Å²) in [6.45, 7) is 2.11. The third kappa shape index (κ3) is 4.69. The van der Waals surface area contributed by atoms with Gasteiger partial charge < -0.3 is 5.11 Å². The van der Waals surface area contributed by atoms with Crippen molar-refractivity contribution in [2.24, 2.45) is 0 Å². The number of benzene rings is 2. The van der Waals surface area contributed by atoms with Crippen molar-refractivity contribution in [2.75, 3.05) is 6.61 Å². The Morgan fingerprint density at radius 1 is 1.28 bits per heavy atom. The van der Waals surface area contributed by atoms with Gasteiger partial charge in [0, 0.05) is 17.9 Å². The van der Waals surface area contributed by atoms with Gasteiger partial charge in [0.15, 0.2) is 11.9 Å². The molecule has 2 atom stereocenters. The molecule has 10 heteroatoms. The Bertz CT molecular complexity index is 1120.